The fourth-order valence-electron chi connectivity index (χ4n) is 1.90. The third kappa shape index (κ3) is 2.48. The molecular weight excluding hydrogens is 268 g/mol. The lowest BCUT2D eigenvalue weighted by Gasteiger charge is -2.26. The molecule has 0 aromatic carbocycles. The van der Waals surface area contributed by atoms with Gasteiger partial charge in [0.25, 0.3) is 5.91 Å². The molecule has 1 heterocycles. The van der Waals surface area contributed by atoms with E-state index in [-0.39, 0.29) is 5.91 Å². The molecule has 1 N–H and O–H groups in total. The summed E-state index contributed by atoms with van der Waals surface area (Å²) >= 11 is 3.42. The number of carbonyl (C=O) groups is 1. The molecule has 0 spiro atoms. The predicted octanol–water partition coefficient (Wildman–Crippen LogP) is 2.94. The summed E-state index contributed by atoms with van der Waals surface area (Å²) < 4.78 is 2.98. The van der Waals surface area contributed by atoms with E-state index >= 15 is 0 Å². The van der Waals surface area contributed by atoms with Crippen LogP contribution in [0.4, 0.5) is 0 Å². The average Bonchev–Trinajstić information content (AvgIpc) is 2.54. The number of nitrogens with one attached hydrogen (secondary N) is 1. The van der Waals surface area contributed by atoms with Gasteiger partial charge in [-0.3, -0.25) is 4.79 Å². The summed E-state index contributed by atoms with van der Waals surface area (Å²) in [5, 5.41) is 3.06. The van der Waals surface area contributed by atoms with Gasteiger partial charge in [0.2, 0.25) is 0 Å². The lowest BCUT2D eigenvalue weighted by atomic mass is 9.93. The smallest absolute Gasteiger partial charge is 0.268 e. The minimum Gasteiger partial charge on any atom is -0.348 e. The predicted molar refractivity (Wildman–Crippen MR) is 67.5 cm³/mol. The number of carbonyl (C=O) groups excluding carboxylic acids is 1. The number of hydrogen-bond acceptors (Lipinski definition) is 1. The zero-order valence-electron chi connectivity index (χ0n) is 9.50. The van der Waals surface area contributed by atoms with Crippen LogP contribution in [0.3, 0.4) is 0 Å². The third-order valence-electron chi connectivity index (χ3n) is 3.00. The molecular formula is C12H17BrN2O. The summed E-state index contributed by atoms with van der Waals surface area (Å²) in [6.45, 7) is 3.00. The van der Waals surface area contributed by atoms with E-state index in [0.29, 0.717) is 6.04 Å². The van der Waals surface area contributed by atoms with E-state index in [1.807, 2.05) is 16.8 Å². The molecule has 0 atom stereocenters. The van der Waals surface area contributed by atoms with Gasteiger partial charge in [-0.05, 0) is 47.7 Å². The molecule has 1 aliphatic carbocycles. The average molecular weight is 285 g/mol. The molecule has 1 amide bonds. The number of nitrogens with zero attached hydrogens (tertiary/aromatic N) is 1. The number of aromatic nitrogens is 1. The van der Waals surface area contributed by atoms with Crippen LogP contribution in [0.15, 0.2) is 16.7 Å². The summed E-state index contributed by atoms with van der Waals surface area (Å²) in [6, 6.07) is 2.29. The van der Waals surface area contributed by atoms with Crippen LogP contribution in [0, 0.1) is 0 Å². The van der Waals surface area contributed by atoms with Crippen molar-refractivity contribution in [3.8, 4) is 0 Å². The van der Waals surface area contributed by atoms with Gasteiger partial charge in [-0.25, -0.2) is 0 Å². The van der Waals surface area contributed by atoms with Crippen LogP contribution in [0.2, 0.25) is 0 Å². The Bertz CT molecular complexity index is 382. The summed E-state index contributed by atoms with van der Waals surface area (Å²) in [6.07, 6.45) is 6.50. The maximum Gasteiger partial charge on any atom is 0.268 e. The summed E-state index contributed by atoms with van der Waals surface area (Å²) in [5.74, 6) is 0.0591. The molecule has 0 unspecified atom stereocenters. The molecule has 0 aliphatic heterocycles. The van der Waals surface area contributed by atoms with Crippen molar-refractivity contribution in [3.63, 3.8) is 0 Å². The molecule has 1 fully saturated rings. The molecule has 4 heteroatoms. The summed E-state index contributed by atoms with van der Waals surface area (Å²) in [5.41, 5.74) is 0.764. The Hall–Kier alpha value is -0.770. The number of amides is 1. The second kappa shape index (κ2) is 5.04. The van der Waals surface area contributed by atoms with Crippen LogP contribution in [-0.2, 0) is 6.54 Å². The molecule has 1 aliphatic rings. The first-order chi connectivity index (χ1) is 7.70. The van der Waals surface area contributed by atoms with Gasteiger partial charge in [-0.2, -0.15) is 0 Å². The minimum atomic E-state index is 0.0591. The molecule has 1 aromatic rings. The van der Waals surface area contributed by atoms with Gasteiger partial charge in [-0.1, -0.05) is 6.92 Å². The van der Waals surface area contributed by atoms with E-state index < -0.39 is 0 Å². The van der Waals surface area contributed by atoms with Gasteiger partial charge >= 0.3 is 0 Å². The maximum atomic E-state index is 12.0. The fourth-order valence-corrected chi connectivity index (χ4v) is 2.37. The van der Waals surface area contributed by atoms with Gasteiger partial charge in [-0.15, -0.1) is 0 Å². The lowest BCUT2D eigenvalue weighted by molar-refractivity contribution is 0.0907. The molecule has 1 aromatic heterocycles. The highest BCUT2D eigenvalue weighted by molar-refractivity contribution is 9.10. The maximum absolute atomic E-state index is 12.0. The second-order valence-electron chi connectivity index (χ2n) is 4.34. The van der Waals surface area contributed by atoms with Crippen molar-refractivity contribution in [1.29, 1.82) is 0 Å². The van der Waals surface area contributed by atoms with Crippen LogP contribution in [0.25, 0.3) is 0 Å². The first-order valence-corrected chi connectivity index (χ1v) is 6.66. The molecule has 16 heavy (non-hydrogen) atoms. The molecule has 1 saturated carbocycles. The van der Waals surface area contributed by atoms with E-state index in [4.69, 9.17) is 0 Å². The van der Waals surface area contributed by atoms with Crippen LogP contribution >= 0.6 is 15.9 Å². The fraction of sp³-hybridized carbons (Fsp3) is 0.583. The lowest BCUT2D eigenvalue weighted by Crippen LogP contribution is -2.40. The van der Waals surface area contributed by atoms with Crippen molar-refractivity contribution in [1.82, 2.24) is 9.88 Å². The van der Waals surface area contributed by atoms with Crippen molar-refractivity contribution in [2.75, 3.05) is 0 Å². The van der Waals surface area contributed by atoms with E-state index in [1.54, 1.807) is 0 Å². The Labute approximate surface area is 104 Å². The zero-order valence-corrected chi connectivity index (χ0v) is 11.1. The number of rotatable bonds is 4. The molecule has 3 nitrogen and oxygen atoms in total. The van der Waals surface area contributed by atoms with Crippen molar-refractivity contribution < 1.29 is 4.79 Å². The number of aryl methyl sites for hydroxylation is 1. The Balaban J connectivity index is 2.07. The molecule has 88 valence electrons. The second-order valence-corrected chi connectivity index (χ2v) is 5.25. The summed E-state index contributed by atoms with van der Waals surface area (Å²) in [4.78, 5) is 12.0. The van der Waals surface area contributed by atoms with Crippen molar-refractivity contribution >= 4 is 21.8 Å². The van der Waals surface area contributed by atoms with E-state index in [1.165, 1.54) is 6.42 Å². The van der Waals surface area contributed by atoms with E-state index in [2.05, 4.69) is 28.2 Å². The standard InChI is InChI=1S/C12H17BrN2O/c1-2-6-15-8-9(13)7-11(15)12(16)14-10-4-3-5-10/h7-8,10H,2-6H2,1H3,(H,14,16). The Morgan fingerprint density at radius 3 is 2.94 bits per heavy atom. The third-order valence-corrected chi connectivity index (χ3v) is 3.43. The van der Waals surface area contributed by atoms with Gasteiger partial charge < -0.3 is 9.88 Å². The van der Waals surface area contributed by atoms with Crippen LogP contribution < -0.4 is 5.32 Å². The number of hydrogen-bond donors (Lipinski definition) is 1. The SMILES string of the molecule is CCCn1cc(Br)cc1C(=O)NC1CCC1. The molecule has 2 rings (SSSR count). The minimum absolute atomic E-state index is 0.0591. The van der Waals surface area contributed by atoms with Gasteiger partial charge in [0.05, 0.1) is 0 Å². The highest BCUT2D eigenvalue weighted by Gasteiger charge is 2.21. The van der Waals surface area contributed by atoms with Crippen LogP contribution in [0.1, 0.15) is 43.1 Å². The molecule has 0 saturated heterocycles. The van der Waals surface area contributed by atoms with Crippen molar-refractivity contribution in [3.05, 3.63) is 22.4 Å². The monoisotopic (exact) mass is 284 g/mol. The normalized spacial score (nSPS) is 15.9. The largest absolute Gasteiger partial charge is 0.348 e. The first kappa shape index (κ1) is 11.7. The Kier molecular flexibility index (Phi) is 3.69. The summed E-state index contributed by atoms with van der Waals surface area (Å²) in [7, 11) is 0. The van der Waals surface area contributed by atoms with Crippen LogP contribution in [0.5, 0.6) is 0 Å². The highest BCUT2D eigenvalue weighted by Crippen LogP contribution is 2.20. The first-order valence-electron chi connectivity index (χ1n) is 5.87. The molecule has 0 bridgehead atoms. The van der Waals surface area contributed by atoms with E-state index in [9.17, 15) is 4.79 Å². The number of halogens is 1. The van der Waals surface area contributed by atoms with Crippen LogP contribution in [-0.4, -0.2) is 16.5 Å². The van der Waals surface area contributed by atoms with E-state index in [0.717, 1.165) is 36.0 Å². The Morgan fingerprint density at radius 2 is 2.38 bits per heavy atom. The topological polar surface area (TPSA) is 34.0 Å². The van der Waals surface area contributed by atoms with Crippen molar-refractivity contribution in [2.24, 2.45) is 0 Å². The van der Waals surface area contributed by atoms with Crippen molar-refractivity contribution in [2.45, 2.75) is 45.2 Å². The Morgan fingerprint density at radius 1 is 1.62 bits per heavy atom. The quantitative estimate of drug-likeness (QED) is 0.906. The highest BCUT2D eigenvalue weighted by atomic mass is 79.9. The van der Waals surface area contributed by atoms with Gasteiger partial charge in [0, 0.05) is 23.3 Å². The van der Waals surface area contributed by atoms with Gasteiger partial charge in [0.1, 0.15) is 5.69 Å². The zero-order chi connectivity index (χ0) is 11.5. The van der Waals surface area contributed by atoms with Gasteiger partial charge in [0.15, 0.2) is 0 Å². The molecule has 0 radical (unpaired) electrons.